The minimum Gasteiger partial charge on any atom is -0.481 e. The number of rotatable bonds is 10. The highest BCUT2D eigenvalue weighted by atomic mass is 16.5. The molecule has 8 heteroatoms. The number of alkyl carbamates (subject to hydrolysis) is 1. The number of aliphatic carboxylic acids is 1. The molecular weight excluding hydrogens is 424 g/mol. The molecule has 33 heavy (non-hydrogen) atoms. The van der Waals surface area contributed by atoms with Crippen LogP contribution in [0.3, 0.4) is 0 Å². The number of ether oxygens (including phenoxy) is 2. The van der Waals surface area contributed by atoms with Crippen LogP contribution < -0.4 is 10.6 Å². The summed E-state index contributed by atoms with van der Waals surface area (Å²) in [7, 11) is 1.38. The second-order valence-electron chi connectivity index (χ2n) is 8.39. The molecule has 3 rings (SSSR count). The van der Waals surface area contributed by atoms with Crippen LogP contribution in [-0.2, 0) is 19.1 Å². The summed E-state index contributed by atoms with van der Waals surface area (Å²) in [5, 5.41) is 14.2. The highest BCUT2D eigenvalue weighted by molar-refractivity contribution is 5.86. The van der Waals surface area contributed by atoms with E-state index < -0.39 is 30.1 Å². The molecule has 8 nitrogen and oxygen atoms in total. The Morgan fingerprint density at radius 3 is 2.09 bits per heavy atom. The molecule has 2 aromatic carbocycles. The van der Waals surface area contributed by atoms with Crippen LogP contribution in [0, 0.1) is 5.92 Å². The van der Waals surface area contributed by atoms with Crippen LogP contribution in [0.5, 0.6) is 0 Å². The molecule has 0 aliphatic heterocycles. The molecule has 1 aliphatic carbocycles. The van der Waals surface area contributed by atoms with Gasteiger partial charge in [0.15, 0.2) is 0 Å². The van der Waals surface area contributed by atoms with Gasteiger partial charge in [0.1, 0.15) is 12.6 Å². The summed E-state index contributed by atoms with van der Waals surface area (Å²) < 4.78 is 10.6. The predicted molar refractivity (Wildman–Crippen MR) is 123 cm³/mol. The van der Waals surface area contributed by atoms with Gasteiger partial charge in [-0.3, -0.25) is 9.59 Å². The molecule has 2 amide bonds. The average Bonchev–Trinajstić information content (AvgIpc) is 3.12. The van der Waals surface area contributed by atoms with Crippen molar-refractivity contribution in [2.24, 2.45) is 5.92 Å². The first-order valence-electron chi connectivity index (χ1n) is 11.0. The smallest absolute Gasteiger partial charge is 0.407 e. The Morgan fingerprint density at radius 1 is 1.00 bits per heavy atom. The van der Waals surface area contributed by atoms with E-state index >= 15 is 0 Å². The maximum absolute atomic E-state index is 12.6. The molecule has 0 bridgehead atoms. The van der Waals surface area contributed by atoms with Crippen LogP contribution in [-0.4, -0.2) is 55.5 Å². The molecule has 0 radical (unpaired) electrons. The summed E-state index contributed by atoms with van der Waals surface area (Å²) in [6, 6.07) is 15.3. The van der Waals surface area contributed by atoms with E-state index in [1.165, 1.54) is 7.11 Å². The SMILES string of the molecule is COC(CNC(=O)C(NC(=O)OCC1c2ccccc2-c2ccccc21)C(C)C)CC(=O)O. The maximum atomic E-state index is 12.6. The standard InChI is InChI=1S/C25H30N2O6/c1-15(2)23(24(30)26-13-16(32-3)12-22(28)29)27-25(31)33-14-21-19-10-6-4-8-17(19)18-9-5-7-11-20(18)21/h4-11,15-16,21,23H,12-14H2,1-3H3,(H,26,30)(H,27,31)(H,28,29). The molecule has 0 saturated heterocycles. The van der Waals surface area contributed by atoms with Crippen LogP contribution in [0.2, 0.25) is 0 Å². The van der Waals surface area contributed by atoms with Gasteiger partial charge in [-0.05, 0) is 28.2 Å². The van der Waals surface area contributed by atoms with E-state index in [-0.39, 0.29) is 31.4 Å². The van der Waals surface area contributed by atoms with E-state index in [4.69, 9.17) is 14.6 Å². The Bertz CT molecular complexity index is 960. The Balaban J connectivity index is 1.59. The summed E-state index contributed by atoms with van der Waals surface area (Å²) >= 11 is 0. The molecule has 176 valence electrons. The Hall–Kier alpha value is -3.39. The van der Waals surface area contributed by atoms with Gasteiger partial charge in [0, 0.05) is 19.6 Å². The van der Waals surface area contributed by atoms with Gasteiger partial charge < -0.3 is 25.2 Å². The Morgan fingerprint density at radius 2 is 1.58 bits per heavy atom. The topological polar surface area (TPSA) is 114 Å². The number of hydrogen-bond acceptors (Lipinski definition) is 5. The van der Waals surface area contributed by atoms with Crippen molar-refractivity contribution in [3.05, 3.63) is 59.7 Å². The van der Waals surface area contributed by atoms with Crippen molar-refractivity contribution >= 4 is 18.0 Å². The molecule has 0 aromatic heterocycles. The number of fused-ring (bicyclic) bond motifs is 3. The van der Waals surface area contributed by atoms with Crippen molar-refractivity contribution in [1.82, 2.24) is 10.6 Å². The third-order valence-corrected chi connectivity index (χ3v) is 5.81. The molecule has 2 unspecified atom stereocenters. The molecule has 0 fully saturated rings. The normalized spacial score (nSPS) is 14.2. The van der Waals surface area contributed by atoms with Crippen molar-refractivity contribution in [2.75, 3.05) is 20.3 Å². The van der Waals surface area contributed by atoms with E-state index in [0.717, 1.165) is 22.3 Å². The maximum Gasteiger partial charge on any atom is 0.407 e. The van der Waals surface area contributed by atoms with Gasteiger partial charge in [-0.1, -0.05) is 62.4 Å². The van der Waals surface area contributed by atoms with Crippen LogP contribution in [0.15, 0.2) is 48.5 Å². The number of hydrogen-bond donors (Lipinski definition) is 3. The molecule has 3 N–H and O–H groups in total. The zero-order valence-corrected chi connectivity index (χ0v) is 19.0. The lowest BCUT2D eigenvalue weighted by atomic mass is 9.98. The molecule has 0 heterocycles. The highest BCUT2D eigenvalue weighted by Gasteiger charge is 2.30. The molecule has 2 atom stereocenters. The lowest BCUT2D eigenvalue weighted by Crippen LogP contribution is -2.51. The number of nitrogens with one attached hydrogen (secondary N) is 2. The fourth-order valence-corrected chi connectivity index (χ4v) is 4.06. The minimum absolute atomic E-state index is 0.0250. The van der Waals surface area contributed by atoms with Crippen LogP contribution in [0.4, 0.5) is 4.79 Å². The number of carboxylic acid groups (broad SMARTS) is 1. The summed E-state index contributed by atoms with van der Waals surface area (Å²) in [4.78, 5) is 36.1. The average molecular weight is 455 g/mol. The second kappa shape index (κ2) is 11.0. The fourth-order valence-electron chi connectivity index (χ4n) is 4.06. The van der Waals surface area contributed by atoms with Crippen molar-refractivity contribution in [3.63, 3.8) is 0 Å². The summed E-state index contributed by atoms with van der Waals surface area (Å²) in [5.41, 5.74) is 4.48. The third kappa shape index (κ3) is 5.90. The van der Waals surface area contributed by atoms with E-state index in [1.54, 1.807) is 13.8 Å². The van der Waals surface area contributed by atoms with Crippen LogP contribution >= 0.6 is 0 Å². The third-order valence-electron chi connectivity index (χ3n) is 5.81. The van der Waals surface area contributed by atoms with Crippen LogP contribution in [0.25, 0.3) is 11.1 Å². The quantitative estimate of drug-likeness (QED) is 0.508. The van der Waals surface area contributed by atoms with E-state index in [2.05, 4.69) is 22.8 Å². The first-order chi connectivity index (χ1) is 15.8. The molecule has 0 saturated carbocycles. The van der Waals surface area contributed by atoms with Crippen LogP contribution in [0.1, 0.15) is 37.3 Å². The number of methoxy groups -OCH3 is 1. The number of benzene rings is 2. The number of carbonyl (C=O) groups is 3. The van der Waals surface area contributed by atoms with Gasteiger partial charge in [0.25, 0.3) is 0 Å². The van der Waals surface area contributed by atoms with Crippen molar-refractivity contribution in [3.8, 4) is 11.1 Å². The zero-order valence-electron chi connectivity index (χ0n) is 19.0. The number of carbonyl (C=O) groups excluding carboxylic acids is 2. The van der Waals surface area contributed by atoms with Crippen molar-refractivity contribution in [2.45, 2.75) is 38.3 Å². The first kappa shape index (κ1) is 24.3. The van der Waals surface area contributed by atoms with E-state index in [9.17, 15) is 14.4 Å². The highest BCUT2D eigenvalue weighted by Crippen LogP contribution is 2.44. The summed E-state index contributed by atoms with van der Waals surface area (Å²) in [5.74, 6) is -1.72. The fraction of sp³-hybridized carbons (Fsp3) is 0.400. The molecule has 1 aliphatic rings. The van der Waals surface area contributed by atoms with Gasteiger partial charge in [-0.2, -0.15) is 0 Å². The van der Waals surface area contributed by atoms with E-state index in [1.807, 2.05) is 36.4 Å². The molecule has 0 spiro atoms. The van der Waals surface area contributed by atoms with Crippen molar-refractivity contribution in [1.29, 1.82) is 0 Å². The lowest BCUT2D eigenvalue weighted by Gasteiger charge is -2.23. The molecular formula is C25H30N2O6. The van der Waals surface area contributed by atoms with Gasteiger partial charge in [0.05, 0.1) is 12.5 Å². The summed E-state index contributed by atoms with van der Waals surface area (Å²) in [6.07, 6.45) is -1.57. The monoisotopic (exact) mass is 454 g/mol. The molecule has 2 aromatic rings. The largest absolute Gasteiger partial charge is 0.481 e. The lowest BCUT2D eigenvalue weighted by molar-refractivity contribution is -0.140. The van der Waals surface area contributed by atoms with Gasteiger partial charge in [-0.15, -0.1) is 0 Å². The minimum atomic E-state index is -1.02. The predicted octanol–water partition coefficient (Wildman–Crippen LogP) is 3.16. The van der Waals surface area contributed by atoms with E-state index in [0.29, 0.717) is 0 Å². The summed E-state index contributed by atoms with van der Waals surface area (Å²) in [6.45, 7) is 3.78. The van der Waals surface area contributed by atoms with Gasteiger partial charge >= 0.3 is 12.1 Å². The number of carboxylic acids is 1. The Labute approximate surface area is 193 Å². The number of amides is 2. The zero-order chi connectivity index (χ0) is 24.0. The Kier molecular flexibility index (Phi) is 8.06. The van der Waals surface area contributed by atoms with Crippen molar-refractivity contribution < 1.29 is 29.0 Å². The van der Waals surface area contributed by atoms with Gasteiger partial charge in [0.2, 0.25) is 5.91 Å². The van der Waals surface area contributed by atoms with Gasteiger partial charge in [-0.25, -0.2) is 4.79 Å². The second-order valence-corrected chi connectivity index (χ2v) is 8.39. The first-order valence-corrected chi connectivity index (χ1v) is 11.0.